The third kappa shape index (κ3) is 2.85. The first-order valence-corrected chi connectivity index (χ1v) is 5.35. The van der Waals surface area contributed by atoms with E-state index in [2.05, 4.69) is 9.89 Å². The summed E-state index contributed by atoms with van der Waals surface area (Å²) in [7, 11) is 1.33. The maximum atomic E-state index is 11.0. The van der Waals surface area contributed by atoms with Crippen molar-refractivity contribution < 1.29 is 14.1 Å². The van der Waals surface area contributed by atoms with E-state index in [-0.39, 0.29) is 12.4 Å². The zero-order valence-corrected chi connectivity index (χ0v) is 9.90. The molecule has 2 aromatic rings. The lowest BCUT2D eigenvalue weighted by molar-refractivity contribution is -0.140. The number of methoxy groups -OCH3 is 1. The first kappa shape index (κ1) is 11.7. The van der Waals surface area contributed by atoms with Crippen molar-refractivity contribution in [2.45, 2.75) is 6.42 Å². The Balaban J connectivity index is 2.18. The minimum atomic E-state index is -0.358. The molecule has 0 aliphatic carbocycles. The third-order valence-corrected chi connectivity index (χ3v) is 2.50. The smallest absolute Gasteiger partial charge is 0.313 e. The molecule has 17 heavy (non-hydrogen) atoms. The average molecular weight is 252 g/mol. The summed E-state index contributed by atoms with van der Waals surface area (Å²) in [5, 5.41) is 4.54. The Hall–Kier alpha value is -1.81. The van der Waals surface area contributed by atoms with Crippen molar-refractivity contribution in [3.63, 3.8) is 0 Å². The van der Waals surface area contributed by atoms with E-state index in [4.69, 9.17) is 16.1 Å². The van der Waals surface area contributed by atoms with Crippen LogP contribution in [-0.2, 0) is 16.0 Å². The molecule has 4 nitrogen and oxygen atoms in total. The Morgan fingerprint density at radius 3 is 2.76 bits per heavy atom. The van der Waals surface area contributed by atoms with Gasteiger partial charge in [-0.1, -0.05) is 28.9 Å². The van der Waals surface area contributed by atoms with Crippen molar-refractivity contribution in [1.29, 1.82) is 0 Å². The highest BCUT2D eigenvalue weighted by atomic mass is 35.5. The molecule has 1 aromatic carbocycles. The Labute approximate surface area is 103 Å². The van der Waals surface area contributed by atoms with Crippen molar-refractivity contribution in [3.8, 4) is 11.3 Å². The van der Waals surface area contributed by atoms with E-state index in [0.717, 1.165) is 5.56 Å². The van der Waals surface area contributed by atoms with Crippen LogP contribution in [-0.4, -0.2) is 18.2 Å². The molecule has 0 saturated heterocycles. The minimum absolute atomic E-state index is 0.0804. The van der Waals surface area contributed by atoms with Gasteiger partial charge in [0.2, 0.25) is 0 Å². The van der Waals surface area contributed by atoms with E-state index in [1.165, 1.54) is 7.11 Å². The van der Waals surface area contributed by atoms with E-state index in [9.17, 15) is 4.79 Å². The number of esters is 1. The highest BCUT2D eigenvalue weighted by Gasteiger charge is 2.10. The topological polar surface area (TPSA) is 52.3 Å². The quantitative estimate of drug-likeness (QED) is 0.787. The summed E-state index contributed by atoms with van der Waals surface area (Å²) in [6.07, 6.45) is 0.0804. The summed E-state index contributed by atoms with van der Waals surface area (Å²) in [6.45, 7) is 0. The summed E-state index contributed by atoms with van der Waals surface area (Å²) in [5.74, 6) is 0.116. The van der Waals surface area contributed by atoms with Gasteiger partial charge in [-0.05, 0) is 12.1 Å². The zero-order chi connectivity index (χ0) is 12.3. The maximum absolute atomic E-state index is 11.0. The van der Waals surface area contributed by atoms with Crippen LogP contribution in [0.1, 0.15) is 5.76 Å². The van der Waals surface area contributed by atoms with Gasteiger partial charge >= 0.3 is 5.97 Å². The zero-order valence-electron chi connectivity index (χ0n) is 9.14. The molecule has 0 spiro atoms. The standard InChI is InChI=1S/C12H10ClNO3/c1-16-12(15)7-10-6-11(14-17-10)8-2-4-9(13)5-3-8/h2-6H,7H2,1H3. The Morgan fingerprint density at radius 1 is 1.41 bits per heavy atom. The second-order valence-electron chi connectivity index (χ2n) is 3.44. The number of hydrogen-bond donors (Lipinski definition) is 0. The number of carbonyl (C=O) groups excluding carboxylic acids is 1. The molecule has 0 aliphatic heterocycles. The van der Waals surface area contributed by atoms with Crippen molar-refractivity contribution in [2.24, 2.45) is 0 Å². The lowest BCUT2D eigenvalue weighted by Crippen LogP contribution is -2.03. The normalized spacial score (nSPS) is 10.2. The highest BCUT2D eigenvalue weighted by Crippen LogP contribution is 2.21. The van der Waals surface area contributed by atoms with Crippen LogP contribution >= 0.6 is 11.6 Å². The number of carbonyl (C=O) groups is 1. The summed E-state index contributed by atoms with van der Waals surface area (Å²) in [5.41, 5.74) is 1.55. The molecule has 0 atom stereocenters. The number of ether oxygens (including phenoxy) is 1. The van der Waals surface area contributed by atoms with Gasteiger partial charge in [-0.3, -0.25) is 4.79 Å². The number of hydrogen-bond acceptors (Lipinski definition) is 4. The Bertz CT molecular complexity index is 519. The van der Waals surface area contributed by atoms with Crippen LogP contribution in [0.4, 0.5) is 0 Å². The Kier molecular flexibility index (Phi) is 3.44. The predicted octanol–water partition coefficient (Wildman–Crippen LogP) is 2.71. The SMILES string of the molecule is COC(=O)Cc1cc(-c2ccc(Cl)cc2)no1. The van der Waals surface area contributed by atoms with E-state index in [0.29, 0.717) is 16.5 Å². The second kappa shape index (κ2) is 5.01. The Morgan fingerprint density at radius 2 is 2.12 bits per heavy atom. The molecule has 88 valence electrons. The van der Waals surface area contributed by atoms with Gasteiger partial charge < -0.3 is 9.26 Å². The second-order valence-corrected chi connectivity index (χ2v) is 3.87. The van der Waals surface area contributed by atoms with Gasteiger partial charge in [-0.25, -0.2) is 0 Å². The molecule has 0 aliphatic rings. The van der Waals surface area contributed by atoms with Crippen molar-refractivity contribution in [2.75, 3.05) is 7.11 Å². The van der Waals surface area contributed by atoms with Crippen LogP contribution in [0, 0.1) is 0 Å². The molecule has 2 rings (SSSR count). The molecule has 0 unspecified atom stereocenters. The number of halogens is 1. The molecule has 0 bridgehead atoms. The number of aromatic nitrogens is 1. The van der Waals surface area contributed by atoms with E-state index in [1.807, 2.05) is 12.1 Å². The molecule has 1 heterocycles. The molecule has 1 aromatic heterocycles. The minimum Gasteiger partial charge on any atom is -0.469 e. The lowest BCUT2D eigenvalue weighted by Gasteiger charge is -1.94. The fraction of sp³-hybridized carbons (Fsp3) is 0.167. The summed E-state index contributed by atoms with van der Waals surface area (Å²) < 4.78 is 9.58. The number of nitrogens with zero attached hydrogens (tertiary/aromatic N) is 1. The van der Waals surface area contributed by atoms with Crippen molar-refractivity contribution >= 4 is 17.6 Å². The van der Waals surface area contributed by atoms with Crippen molar-refractivity contribution in [3.05, 3.63) is 41.1 Å². The highest BCUT2D eigenvalue weighted by molar-refractivity contribution is 6.30. The van der Waals surface area contributed by atoms with Gasteiger partial charge in [0, 0.05) is 16.7 Å². The number of rotatable bonds is 3. The summed E-state index contributed by atoms with van der Waals surface area (Å²) in [6, 6.07) is 8.92. The first-order valence-electron chi connectivity index (χ1n) is 4.97. The fourth-order valence-electron chi connectivity index (χ4n) is 1.37. The summed E-state index contributed by atoms with van der Waals surface area (Å²) in [4.78, 5) is 11.0. The van der Waals surface area contributed by atoms with Crippen LogP contribution in [0.5, 0.6) is 0 Å². The molecule has 0 saturated carbocycles. The maximum Gasteiger partial charge on any atom is 0.313 e. The van der Waals surface area contributed by atoms with Crippen LogP contribution < -0.4 is 0 Å². The van der Waals surface area contributed by atoms with Crippen LogP contribution in [0.25, 0.3) is 11.3 Å². The van der Waals surface area contributed by atoms with Gasteiger partial charge in [0.25, 0.3) is 0 Å². The largest absolute Gasteiger partial charge is 0.469 e. The molecule has 0 radical (unpaired) electrons. The summed E-state index contributed by atoms with van der Waals surface area (Å²) >= 11 is 5.79. The average Bonchev–Trinajstić information content (AvgIpc) is 2.78. The predicted molar refractivity (Wildman–Crippen MR) is 62.7 cm³/mol. The molecule has 0 fully saturated rings. The molecular formula is C12H10ClNO3. The van der Waals surface area contributed by atoms with Gasteiger partial charge in [0.15, 0.2) is 0 Å². The monoisotopic (exact) mass is 251 g/mol. The van der Waals surface area contributed by atoms with Gasteiger partial charge in [0.05, 0.1) is 7.11 Å². The first-order chi connectivity index (χ1) is 8.19. The molecular weight excluding hydrogens is 242 g/mol. The van der Waals surface area contributed by atoms with Gasteiger partial charge in [-0.15, -0.1) is 0 Å². The van der Waals surface area contributed by atoms with Crippen LogP contribution in [0.3, 0.4) is 0 Å². The van der Waals surface area contributed by atoms with Crippen molar-refractivity contribution in [1.82, 2.24) is 5.16 Å². The van der Waals surface area contributed by atoms with E-state index in [1.54, 1.807) is 18.2 Å². The third-order valence-electron chi connectivity index (χ3n) is 2.25. The molecule has 5 heteroatoms. The van der Waals surface area contributed by atoms with Crippen LogP contribution in [0.15, 0.2) is 34.9 Å². The van der Waals surface area contributed by atoms with E-state index >= 15 is 0 Å². The van der Waals surface area contributed by atoms with E-state index < -0.39 is 0 Å². The lowest BCUT2D eigenvalue weighted by atomic mass is 10.1. The van der Waals surface area contributed by atoms with Crippen LogP contribution in [0.2, 0.25) is 5.02 Å². The molecule has 0 amide bonds. The molecule has 0 N–H and O–H groups in total. The fourth-order valence-corrected chi connectivity index (χ4v) is 1.49. The van der Waals surface area contributed by atoms with Gasteiger partial charge in [0.1, 0.15) is 17.9 Å². The number of benzene rings is 1. The van der Waals surface area contributed by atoms with Gasteiger partial charge in [-0.2, -0.15) is 0 Å².